The van der Waals surface area contributed by atoms with Gasteiger partial charge in [0.15, 0.2) is 0 Å². The van der Waals surface area contributed by atoms with Crippen LogP contribution < -0.4 is 21.1 Å². The van der Waals surface area contributed by atoms with E-state index in [-0.39, 0.29) is 4.90 Å². The summed E-state index contributed by atoms with van der Waals surface area (Å²) in [6, 6.07) is 15.5. The van der Waals surface area contributed by atoms with E-state index >= 15 is 0 Å². The predicted molar refractivity (Wildman–Crippen MR) is 132 cm³/mol. The van der Waals surface area contributed by atoms with Crippen molar-refractivity contribution in [3.8, 4) is 0 Å². The highest BCUT2D eigenvalue weighted by Crippen LogP contribution is 2.26. The molecule has 0 fully saturated rings. The minimum absolute atomic E-state index is 0.176. The second-order valence-corrected chi connectivity index (χ2v) is 9.53. The van der Waals surface area contributed by atoms with Crippen molar-refractivity contribution < 1.29 is 8.42 Å². The number of hydrogen-bond donors (Lipinski definition) is 4. The van der Waals surface area contributed by atoms with E-state index in [1.807, 2.05) is 24.3 Å². The van der Waals surface area contributed by atoms with Gasteiger partial charge in [0.2, 0.25) is 0 Å². The van der Waals surface area contributed by atoms with Crippen LogP contribution in [0.25, 0.3) is 0 Å². The number of pyridine rings is 1. The lowest BCUT2D eigenvalue weighted by molar-refractivity contribution is 0.599. The first kappa shape index (κ1) is 24.1. The lowest BCUT2D eigenvalue weighted by Gasteiger charge is -2.16. The number of aryl methyl sites for hydroxylation is 1. The first-order valence-electron chi connectivity index (χ1n) is 10.1. The number of nitrogens with zero attached hydrogens (tertiary/aromatic N) is 1. The lowest BCUT2D eigenvalue weighted by atomic mass is 10.1. The number of sulfonamides is 1. The van der Waals surface area contributed by atoms with Crippen molar-refractivity contribution in [2.24, 2.45) is 5.73 Å². The van der Waals surface area contributed by atoms with Gasteiger partial charge in [-0.15, -0.1) is 0 Å². The molecule has 0 atom stereocenters. The zero-order chi connectivity index (χ0) is 23.0. The number of nitrogens with two attached hydrogens (primary N) is 1. The van der Waals surface area contributed by atoms with Gasteiger partial charge in [0.1, 0.15) is 5.82 Å². The molecule has 2 aromatic carbocycles. The average molecular weight is 494 g/mol. The standard InChI is InChI=1S/C22H25Cl2N5O2S/c23-17-5-8-19(9-6-17)26-13-14-28-22-20(4-2-12-27-22)29-32(30,31)21-10-7-18(24)15-16(21)3-1-11-25/h2,4-10,12,15,26,29H,1,3,11,13-14,25H2,(H,27,28). The summed E-state index contributed by atoms with van der Waals surface area (Å²) in [6.45, 7) is 1.59. The van der Waals surface area contributed by atoms with Gasteiger partial charge in [-0.25, -0.2) is 13.4 Å². The van der Waals surface area contributed by atoms with Crippen molar-refractivity contribution in [1.82, 2.24) is 4.98 Å². The van der Waals surface area contributed by atoms with Crippen molar-refractivity contribution in [1.29, 1.82) is 0 Å². The molecule has 7 nitrogen and oxygen atoms in total. The van der Waals surface area contributed by atoms with Gasteiger partial charge in [-0.2, -0.15) is 0 Å². The molecule has 1 aromatic heterocycles. The number of anilines is 3. The van der Waals surface area contributed by atoms with Gasteiger partial charge in [-0.3, -0.25) is 4.72 Å². The van der Waals surface area contributed by atoms with E-state index in [4.69, 9.17) is 28.9 Å². The van der Waals surface area contributed by atoms with Gasteiger partial charge in [-0.1, -0.05) is 23.2 Å². The Morgan fingerprint density at radius 3 is 2.41 bits per heavy atom. The van der Waals surface area contributed by atoms with Crippen molar-refractivity contribution in [2.45, 2.75) is 17.7 Å². The van der Waals surface area contributed by atoms with Crippen LogP contribution in [0.3, 0.4) is 0 Å². The SMILES string of the molecule is NCCCc1cc(Cl)ccc1S(=O)(=O)Nc1cccnc1NCCNc1ccc(Cl)cc1. The Labute approximate surface area is 198 Å². The largest absolute Gasteiger partial charge is 0.383 e. The molecule has 0 unspecified atom stereocenters. The molecule has 0 saturated heterocycles. The van der Waals surface area contributed by atoms with E-state index in [0.717, 1.165) is 5.69 Å². The van der Waals surface area contributed by atoms with Crippen LogP contribution in [0.15, 0.2) is 65.7 Å². The van der Waals surface area contributed by atoms with Crippen LogP contribution in [0, 0.1) is 0 Å². The van der Waals surface area contributed by atoms with Crippen LogP contribution >= 0.6 is 23.2 Å². The number of halogens is 2. The molecule has 3 aromatic rings. The zero-order valence-electron chi connectivity index (χ0n) is 17.3. The van der Waals surface area contributed by atoms with Gasteiger partial charge in [0, 0.05) is 35.0 Å². The average Bonchev–Trinajstić information content (AvgIpc) is 2.77. The Morgan fingerprint density at radius 2 is 1.66 bits per heavy atom. The fourth-order valence-corrected chi connectivity index (χ4v) is 4.72. The summed E-state index contributed by atoms with van der Waals surface area (Å²) in [5, 5.41) is 7.57. The summed E-state index contributed by atoms with van der Waals surface area (Å²) in [5.41, 5.74) is 7.51. The fourth-order valence-electron chi connectivity index (χ4n) is 3.08. The smallest absolute Gasteiger partial charge is 0.262 e. The minimum Gasteiger partial charge on any atom is -0.383 e. The molecule has 5 N–H and O–H groups in total. The molecule has 0 aliphatic heterocycles. The number of aromatic nitrogens is 1. The summed E-state index contributed by atoms with van der Waals surface area (Å²) in [7, 11) is -3.85. The Hall–Kier alpha value is -2.52. The van der Waals surface area contributed by atoms with E-state index in [1.165, 1.54) is 6.07 Å². The molecule has 170 valence electrons. The van der Waals surface area contributed by atoms with Gasteiger partial charge in [0.25, 0.3) is 10.0 Å². The van der Waals surface area contributed by atoms with Crippen LogP contribution in [0.5, 0.6) is 0 Å². The van der Waals surface area contributed by atoms with Crippen molar-refractivity contribution >= 4 is 50.4 Å². The molecule has 0 bridgehead atoms. The maximum Gasteiger partial charge on any atom is 0.262 e. The Balaban J connectivity index is 1.69. The van der Waals surface area contributed by atoms with Crippen LogP contribution in [-0.2, 0) is 16.4 Å². The third-order valence-electron chi connectivity index (χ3n) is 4.61. The predicted octanol–water partition coefficient (Wildman–Crippen LogP) is 4.60. The van der Waals surface area contributed by atoms with Crippen molar-refractivity contribution in [2.75, 3.05) is 35.0 Å². The summed E-state index contributed by atoms with van der Waals surface area (Å²) >= 11 is 12.0. The van der Waals surface area contributed by atoms with Crippen molar-refractivity contribution in [3.63, 3.8) is 0 Å². The highest BCUT2D eigenvalue weighted by Gasteiger charge is 2.20. The summed E-state index contributed by atoms with van der Waals surface area (Å²) in [5.74, 6) is 0.437. The summed E-state index contributed by atoms with van der Waals surface area (Å²) in [6.07, 6.45) is 2.77. The fraction of sp³-hybridized carbons (Fsp3) is 0.227. The Morgan fingerprint density at radius 1 is 0.938 bits per heavy atom. The van der Waals surface area contributed by atoms with Gasteiger partial charge >= 0.3 is 0 Å². The molecule has 0 radical (unpaired) electrons. The zero-order valence-corrected chi connectivity index (χ0v) is 19.6. The van der Waals surface area contributed by atoms with Gasteiger partial charge in [0.05, 0.1) is 10.6 Å². The summed E-state index contributed by atoms with van der Waals surface area (Å²) < 4.78 is 28.9. The van der Waals surface area contributed by atoms with E-state index in [2.05, 4.69) is 20.3 Å². The maximum atomic E-state index is 13.1. The van der Waals surface area contributed by atoms with Crippen LogP contribution in [0.4, 0.5) is 17.2 Å². The molecule has 0 saturated carbocycles. The number of rotatable bonds is 11. The van der Waals surface area contributed by atoms with E-state index in [9.17, 15) is 8.42 Å². The second-order valence-electron chi connectivity index (χ2n) is 7.01. The highest BCUT2D eigenvalue weighted by molar-refractivity contribution is 7.92. The number of benzene rings is 2. The Bertz CT molecular complexity index is 1140. The Kier molecular flexibility index (Phi) is 8.58. The molecular weight excluding hydrogens is 469 g/mol. The molecule has 0 amide bonds. The van der Waals surface area contributed by atoms with Gasteiger partial charge < -0.3 is 16.4 Å². The number of hydrogen-bond acceptors (Lipinski definition) is 6. The van der Waals surface area contributed by atoms with Gasteiger partial charge in [-0.05, 0) is 79.5 Å². The van der Waals surface area contributed by atoms with Crippen LogP contribution in [0.1, 0.15) is 12.0 Å². The van der Waals surface area contributed by atoms with Crippen molar-refractivity contribution in [3.05, 3.63) is 76.4 Å². The quantitative estimate of drug-likeness (QED) is 0.290. The second kappa shape index (κ2) is 11.4. The third kappa shape index (κ3) is 6.74. The number of nitrogens with one attached hydrogen (secondary N) is 3. The topological polar surface area (TPSA) is 109 Å². The summed E-state index contributed by atoms with van der Waals surface area (Å²) in [4.78, 5) is 4.45. The molecule has 0 spiro atoms. The van der Waals surface area contributed by atoms with E-state index < -0.39 is 10.0 Å². The molecule has 0 aliphatic rings. The van der Waals surface area contributed by atoms with Crippen LogP contribution in [0.2, 0.25) is 10.0 Å². The van der Waals surface area contributed by atoms with Crippen LogP contribution in [-0.4, -0.2) is 33.0 Å². The van der Waals surface area contributed by atoms with E-state index in [1.54, 1.807) is 30.5 Å². The first-order valence-corrected chi connectivity index (χ1v) is 12.3. The third-order valence-corrected chi connectivity index (χ3v) is 6.56. The maximum absolute atomic E-state index is 13.1. The molecule has 1 heterocycles. The molecule has 3 rings (SSSR count). The minimum atomic E-state index is -3.85. The first-order chi connectivity index (χ1) is 15.4. The lowest BCUT2D eigenvalue weighted by Crippen LogP contribution is -2.19. The molecule has 10 heteroatoms. The highest BCUT2D eigenvalue weighted by atomic mass is 35.5. The molecule has 0 aliphatic carbocycles. The molecular formula is C22H25Cl2N5O2S. The normalized spacial score (nSPS) is 11.2. The monoisotopic (exact) mass is 493 g/mol. The molecule has 32 heavy (non-hydrogen) atoms. The van der Waals surface area contributed by atoms with E-state index in [0.29, 0.717) is 59.6 Å².